The number of likely N-dealkylation sites (tertiary alicyclic amines) is 1. The van der Waals surface area contributed by atoms with Gasteiger partial charge in [0.15, 0.2) is 0 Å². The number of hydrogen-bond donors (Lipinski definition) is 1. The average molecular weight is 302 g/mol. The van der Waals surface area contributed by atoms with Crippen molar-refractivity contribution in [3.63, 3.8) is 0 Å². The highest BCUT2D eigenvalue weighted by molar-refractivity contribution is 5.67. The lowest BCUT2D eigenvalue weighted by Gasteiger charge is -2.32. The molecule has 22 heavy (non-hydrogen) atoms. The third-order valence-electron chi connectivity index (χ3n) is 4.55. The van der Waals surface area contributed by atoms with E-state index in [0.29, 0.717) is 12.5 Å². The molecule has 2 aliphatic rings. The summed E-state index contributed by atoms with van der Waals surface area (Å²) in [6, 6.07) is 10.6. The number of hydrogen-bond acceptors (Lipinski definition) is 3. The third kappa shape index (κ3) is 4.73. The second-order valence-electron chi connectivity index (χ2n) is 6.51. The highest BCUT2D eigenvalue weighted by Gasteiger charge is 2.25. The van der Waals surface area contributed by atoms with E-state index in [1.54, 1.807) is 0 Å². The van der Waals surface area contributed by atoms with Crippen LogP contribution in [0.4, 0.5) is 4.79 Å². The quantitative estimate of drug-likeness (QED) is 0.877. The van der Waals surface area contributed by atoms with Crippen molar-refractivity contribution < 1.29 is 9.53 Å². The van der Waals surface area contributed by atoms with Crippen LogP contribution in [0, 0.1) is 5.92 Å². The van der Waals surface area contributed by atoms with Gasteiger partial charge in [0.05, 0.1) is 0 Å². The summed E-state index contributed by atoms with van der Waals surface area (Å²) in [4.78, 5) is 14.1. The van der Waals surface area contributed by atoms with Gasteiger partial charge in [0.1, 0.15) is 6.61 Å². The molecule has 0 radical (unpaired) electrons. The van der Waals surface area contributed by atoms with Crippen molar-refractivity contribution in [2.24, 2.45) is 5.92 Å². The molecule has 4 nitrogen and oxygen atoms in total. The molecule has 1 aromatic carbocycles. The molecule has 1 amide bonds. The Hall–Kier alpha value is -1.55. The fourth-order valence-corrected chi connectivity index (χ4v) is 3.06. The van der Waals surface area contributed by atoms with Gasteiger partial charge < -0.3 is 15.0 Å². The van der Waals surface area contributed by atoms with E-state index in [1.165, 1.54) is 25.7 Å². The second-order valence-corrected chi connectivity index (χ2v) is 6.51. The SMILES string of the molecule is O=C(OCc1ccccc1)N1CCC[C@H](CCNC2CC2)C1. The Labute approximate surface area is 132 Å². The van der Waals surface area contributed by atoms with Gasteiger partial charge in [-0.2, -0.15) is 0 Å². The zero-order chi connectivity index (χ0) is 15.2. The molecule has 0 aromatic heterocycles. The Balaban J connectivity index is 1.39. The van der Waals surface area contributed by atoms with Crippen LogP contribution in [0.25, 0.3) is 0 Å². The van der Waals surface area contributed by atoms with Gasteiger partial charge in [-0.3, -0.25) is 0 Å². The van der Waals surface area contributed by atoms with Crippen molar-refractivity contribution in [3.8, 4) is 0 Å². The molecule has 4 heteroatoms. The monoisotopic (exact) mass is 302 g/mol. The van der Waals surface area contributed by atoms with Crippen LogP contribution in [0.5, 0.6) is 0 Å². The Morgan fingerprint density at radius 1 is 1.23 bits per heavy atom. The predicted octanol–water partition coefficient (Wildman–Crippen LogP) is 3.18. The van der Waals surface area contributed by atoms with E-state index in [4.69, 9.17) is 4.74 Å². The summed E-state index contributed by atoms with van der Waals surface area (Å²) >= 11 is 0. The predicted molar refractivity (Wildman–Crippen MR) is 86.6 cm³/mol. The zero-order valence-corrected chi connectivity index (χ0v) is 13.2. The van der Waals surface area contributed by atoms with Gasteiger partial charge in [0, 0.05) is 19.1 Å². The molecular weight excluding hydrogens is 276 g/mol. The molecule has 0 unspecified atom stereocenters. The number of nitrogens with one attached hydrogen (secondary N) is 1. The van der Waals surface area contributed by atoms with Crippen LogP contribution in [0.1, 0.15) is 37.7 Å². The molecule has 120 valence electrons. The number of benzene rings is 1. The van der Waals surface area contributed by atoms with E-state index in [-0.39, 0.29) is 6.09 Å². The molecule has 3 rings (SSSR count). The van der Waals surface area contributed by atoms with Gasteiger partial charge in [-0.15, -0.1) is 0 Å². The van der Waals surface area contributed by atoms with E-state index in [2.05, 4.69) is 5.32 Å². The topological polar surface area (TPSA) is 41.6 Å². The molecule has 1 heterocycles. The molecule has 1 saturated heterocycles. The molecule has 1 aromatic rings. The fourth-order valence-electron chi connectivity index (χ4n) is 3.06. The van der Waals surface area contributed by atoms with Crippen molar-refractivity contribution in [2.75, 3.05) is 19.6 Å². The van der Waals surface area contributed by atoms with Gasteiger partial charge in [0.2, 0.25) is 0 Å². The summed E-state index contributed by atoms with van der Waals surface area (Å²) in [6.07, 6.45) is 6.00. The Kier molecular flexibility index (Phi) is 5.33. The Morgan fingerprint density at radius 2 is 2.05 bits per heavy atom. The molecule has 0 spiro atoms. The first-order chi connectivity index (χ1) is 10.8. The number of nitrogens with zero attached hydrogens (tertiary/aromatic N) is 1. The van der Waals surface area contributed by atoms with Crippen LogP contribution in [0.2, 0.25) is 0 Å². The van der Waals surface area contributed by atoms with E-state index in [0.717, 1.165) is 37.7 Å². The normalized spacial score (nSPS) is 21.6. The average Bonchev–Trinajstić information content (AvgIpc) is 3.38. The van der Waals surface area contributed by atoms with Gasteiger partial charge in [-0.05, 0) is 50.1 Å². The minimum atomic E-state index is -0.163. The molecule has 1 aliphatic carbocycles. The van der Waals surface area contributed by atoms with Gasteiger partial charge in [-0.1, -0.05) is 30.3 Å². The van der Waals surface area contributed by atoms with Crippen LogP contribution in [0.3, 0.4) is 0 Å². The molecule has 1 saturated carbocycles. The molecular formula is C18H26N2O2. The van der Waals surface area contributed by atoms with Crippen molar-refractivity contribution in [1.29, 1.82) is 0 Å². The van der Waals surface area contributed by atoms with E-state index >= 15 is 0 Å². The van der Waals surface area contributed by atoms with Crippen LogP contribution in [-0.4, -0.2) is 36.7 Å². The molecule has 0 bridgehead atoms. The summed E-state index contributed by atoms with van der Waals surface area (Å²) in [6.45, 7) is 3.13. The number of piperidine rings is 1. The maximum atomic E-state index is 12.2. The van der Waals surface area contributed by atoms with E-state index in [1.807, 2.05) is 35.2 Å². The standard InChI is InChI=1S/C18H26N2O2/c21-18(22-14-16-5-2-1-3-6-16)20-12-4-7-15(13-20)10-11-19-17-8-9-17/h1-3,5-6,15,17,19H,4,7-14H2/t15-/m1/s1. The molecule has 1 aliphatic heterocycles. The minimum absolute atomic E-state index is 0.163. The van der Waals surface area contributed by atoms with Crippen LogP contribution in [-0.2, 0) is 11.3 Å². The summed E-state index contributed by atoms with van der Waals surface area (Å²) in [5.41, 5.74) is 1.04. The first kappa shape index (κ1) is 15.3. The summed E-state index contributed by atoms with van der Waals surface area (Å²) in [7, 11) is 0. The number of carbonyl (C=O) groups excluding carboxylic acids is 1. The van der Waals surface area contributed by atoms with Gasteiger partial charge in [0.25, 0.3) is 0 Å². The number of ether oxygens (including phenoxy) is 1. The Bertz CT molecular complexity index is 473. The number of amides is 1. The number of carbonyl (C=O) groups is 1. The first-order valence-corrected chi connectivity index (χ1v) is 8.50. The van der Waals surface area contributed by atoms with Crippen LogP contribution >= 0.6 is 0 Å². The molecule has 1 N–H and O–H groups in total. The van der Waals surface area contributed by atoms with E-state index < -0.39 is 0 Å². The highest BCUT2D eigenvalue weighted by atomic mass is 16.6. The maximum absolute atomic E-state index is 12.2. The fraction of sp³-hybridized carbons (Fsp3) is 0.611. The third-order valence-corrected chi connectivity index (χ3v) is 4.55. The maximum Gasteiger partial charge on any atom is 0.410 e. The summed E-state index contributed by atoms with van der Waals surface area (Å²) in [5.74, 6) is 0.615. The first-order valence-electron chi connectivity index (χ1n) is 8.50. The van der Waals surface area contributed by atoms with Crippen molar-refractivity contribution in [2.45, 2.75) is 44.8 Å². The molecule has 2 fully saturated rings. The van der Waals surface area contributed by atoms with E-state index in [9.17, 15) is 4.79 Å². The Morgan fingerprint density at radius 3 is 2.82 bits per heavy atom. The lowest BCUT2D eigenvalue weighted by molar-refractivity contribution is 0.0780. The summed E-state index contributed by atoms with van der Waals surface area (Å²) < 4.78 is 5.44. The van der Waals surface area contributed by atoms with Gasteiger partial charge >= 0.3 is 6.09 Å². The van der Waals surface area contributed by atoms with Crippen molar-refractivity contribution in [1.82, 2.24) is 10.2 Å². The number of rotatable bonds is 6. The lowest BCUT2D eigenvalue weighted by atomic mass is 9.95. The largest absolute Gasteiger partial charge is 0.445 e. The lowest BCUT2D eigenvalue weighted by Crippen LogP contribution is -2.41. The van der Waals surface area contributed by atoms with Crippen LogP contribution < -0.4 is 5.32 Å². The molecule has 1 atom stereocenters. The van der Waals surface area contributed by atoms with Crippen molar-refractivity contribution in [3.05, 3.63) is 35.9 Å². The second kappa shape index (κ2) is 7.63. The minimum Gasteiger partial charge on any atom is -0.445 e. The van der Waals surface area contributed by atoms with Crippen molar-refractivity contribution >= 4 is 6.09 Å². The van der Waals surface area contributed by atoms with Gasteiger partial charge in [-0.25, -0.2) is 4.79 Å². The zero-order valence-electron chi connectivity index (χ0n) is 13.2. The summed E-state index contributed by atoms with van der Waals surface area (Å²) in [5, 5.41) is 3.56. The smallest absolute Gasteiger partial charge is 0.410 e. The highest BCUT2D eigenvalue weighted by Crippen LogP contribution is 2.22. The van der Waals surface area contributed by atoms with Crippen LogP contribution in [0.15, 0.2) is 30.3 Å².